The molecule has 1 unspecified atom stereocenters. The maximum atomic E-state index is 12.8. The molecule has 3 rings (SSSR count). The van der Waals surface area contributed by atoms with Crippen molar-refractivity contribution in [2.24, 2.45) is 17.3 Å². The van der Waals surface area contributed by atoms with Crippen LogP contribution in [0.1, 0.15) is 72.3 Å². The molecule has 0 bridgehead atoms. The Kier molecular flexibility index (Phi) is 6.00. The average molecular weight is 386 g/mol. The zero-order valence-electron chi connectivity index (χ0n) is 18.0. The fourth-order valence-electron chi connectivity index (χ4n) is 5.35. The summed E-state index contributed by atoms with van der Waals surface area (Å²) in [6.07, 6.45) is 5.75. The Morgan fingerprint density at radius 3 is 2.71 bits per heavy atom. The third kappa shape index (κ3) is 4.65. The lowest BCUT2D eigenvalue weighted by atomic mass is 9.62. The lowest BCUT2D eigenvalue weighted by Gasteiger charge is -2.45. The van der Waals surface area contributed by atoms with Crippen LogP contribution in [0.4, 0.5) is 5.69 Å². The topological polar surface area (TPSA) is 55.4 Å². The van der Waals surface area contributed by atoms with Crippen LogP contribution in [0.5, 0.6) is 0 Å². The van der Waals surface area contributed by atoms with Gasteiger partial charge in [0.1, 0.15) is 5.78 Å². The average Bonchev–Trinajstić information content (AvgIpc) is 2.89. The summed E-state index contributed by atoms with van der Waals surface area (Å²) in [4.78, 5) is 24.1. The molecule has 4 nitrogen and oxygen atoms in total. The molecule has 1 amide bonds. The zero-order valence-corrected chi connectivity index (χ0v) is 18.0. The van der Waals surface area contributed by atoms with Gasteiger partial charge in [-0.15, -0.1) is 0 Å². The number of aryl methyl sites for hydroxylation is 1. The van der Waals surface area contributed by atoms with Gasteiger partial charge in [-0.05, 0) is 81.9 Å². The Labute approximate surface area is 169 Å². The van der Waals surface area contributed by atoms with Gasteiger partial charge in [0, 0.05) is 24.9 Å². The smallest absolute Gasteiger partial charge is 0.221 e. The quantitative estimate of drug-likeness (QED) is 0.762. The van der Waals surface area contributed by atoms with Gasteiger partial charge < -0.3 is 10.1 Å². The molecule has 1 aromatic rings. The van der Waals surface area contributed by atoms with Crippen LogP contribution < -0.4 is 5.32 Å². The van der Waals surface area contributed by atoms with Crippen molar-refractivity contribution in [2.45, 2.75) is 84.8 Å². The minimum absolute atomic E-state index is 0.0637. The molecule has 0 spiro atoms. The van der Waals surface area contributed by atoms with Crippen molar-refractivity contribution in [3.05, 3.63) is 29.8 Å². The van der Waals surface area contributed by atoms with Crippen molar-refractivity contribution in [2.75, 3.05) is 5.32 Å². The SMILES string of the molecule is CC(=O)Nc1cccc(CCC2C(=O)CC[C@]3(C)[C@@H](OC(C)(C)C)CC[C@@H]23)c1. The van der Waals surface area contributed by atoms with Crippen LogP contribution in [0.25, 0.3) is 0 Å². The molecule has 2 saturated carbocycles. The van der Waals surface area contributed by atoms with Crippen LogP contribution >= 0.6 is 0 Å². The summed E-state index contributed by atoms with van der Waals surface area (Å²) >= 11 is 0. The van der Waals surface area contributed by atoms with E-state index in [2.05, 4.69) is 39.1 Å². The minimum atomic E-state index is -0.149. The van der Waals surface area contributed by atoms with E-state index in [1.165, 1.54) is 12.5 Å². The number of anilines is 1. The predicted octanol–water partition coefficient (Wildman–Crippen LogP) is 5.16. The van der Waals surface area contributed by atoms with Crippen LogP contribution in [0.2, 0.25) is 0 Å². The number of nitrogens with one attached hydrogen (secondary N) is 1. The first kappa shape index (κ1) is 21.0. The molecule has 1 N–H and O–H groups in total. The minimum Gasteiger partial charge on any atom is -0.372 e. The van der Waals surface area contributed by atoms with Gasteiger partial charge in [0.25, 0.3) is 0 Å². The third-order valence-electron chi connectivity index (χ3n) is 6.62. The lowest BCUT2D eigenvalue weighted by Crippen LogP contribution is -2.46. The fourth-order valence-corrected chi connectivity index (χ4v) is 5.35. The molecule has 0 saturated heterocycles. The Morgan fingerprint density at radius 1 is 1.29 bits per heavy atom. The maximum absolute atomic E-state index is 12.8. The van der Waals surface area contributed by atoms with E-state index < -0.39 is 0 Å². The number of ether oxygens (including phenoxy) is 1. The highest BCUT2D eigenvalue weighted by atomic mass is 16.5. The molecular weight excluding hydrogens is 350 g/mol. The van der Waals surface area contributed by atoms with E-state index in [0.29, 0.717) is 18.1 Å². The number of rotatable bonds is 5. The predicted molar refractivity (Wildman–Crippen MR) is 112 cm³/mol. The van der Waals surface area contributed by atoms with Gasteiger partial charge in [0.05, 0.1) is 11.7 Å². The van der Waals surface area contributed by atoms with E-state index in [1.807, 2.05) is 18.2 Å². The molecule has 4 heteroatoms. The van der Waals surface area contributed by atoms with Crippen LogP contribution in [0.3, 0.4) is 0 Å². The van der Waals surface area contributed by atoms with Crippen molar-refractivity contribution in [3.63, 3.8) is 0 Å². The van der Waals surface area contributed by atoms with Gasteiger partial charge in [-0.3, -0.25) is 9.59 Å². The third-order valence-corrected chi connectivity index (χ3v) is 6.62. The Hall–Kier alpha value is -1.68. The van der Waals surface area contributed by atoms with Crippen molar-refractivity contribution < 1.29 is 14.3 Å². The number of carbonyl (C=O) groups is 2. The van der Waals surface area contributed by atoms with Crippen LogP contribution in [-0.4, -0.2) is 23.4 Å². The zero-order chi connectivity index (χ0) is 20.5. The molecule has 2 aliphatic carbocycles. The number of benzene rings is 1. The number of amides is 1. The van der Waals surface area contributed by atoms with E-state index in [4.69, 9.17) is 4.74 Å². The van der Waals surface area contributed by atoms with Gasteiger partial charge in [-0.2, -0.15) is 0 Å². The number of carbonyl (C=O) groups excluding carboxylic acids is 2. The monoisotopic (exact) mass is 385 g/mol. The van der Waals surface area contributed by atoms with Crippen molar-refractivity contribution in [1.29, 1.82) is 0 Å². The molecule has 0 heterocycles. The Morgan fingerprint density at radius 2 is 2.04 bits per heavy atom. The highest BCUT2D eigenvalue weighted by Gasteiger charge is 2.54. The largest absolute Gasteiger partial charge is 0.372 e. The number of ketones is 1. The molecular formula is C24H35NO3. The van der Waals surface area contributed by atoms with Crippen LogP contribution in [0, 0.1) is 17.3 Å². The summed E-state index contributed by atoms with van der Waals surface area (Å²) in [7, 11) is 0. The Balaban J connectivity index is 1.70. The second-order valence-electron chi connectivity index (χ2n) is 9.90. The second-order valence-corrected chi connectivity index (χ2v) is 9.90. The Bertz CT molecular complexity index is 736. The van der Waals surface area contributed by atoms with Gasteiger partial charge >= 0.3 is 0 Å². The van der Waals surface area contributed by atoms with E-state index in [0.717, 1.165) is 37.8 Å². The molecule has 0 aliphatic heterocycles. The van der Waals surface area contributed by atoms with Crippen LogP contribution in [0.15, 0.2) is 24.3 Å². The van der Waals surface area contributed by atoms with Gasteiger partial charge in [-0.25, -0.2) is 0 Å². The maximum Gasteiger partial charge on any atom is 0.221 e. The van der Waals surface area contributed by atoms with Crippen molar-refractivity contribution >= 4 is 17.4 Å². The first-order chi connectivity index (χ1) is 13.1. The summed E-state index contributed by atoms with van der Waals surface area (Å²) in [6.45, 7) is 10.2. The van der Waals surface area contributed by atoms with Crippen molar-refractivity contribution in [1.82, 2.24) is 0 Å². The summed E-state index contributed by atoms with van der Waals surface area (Å²) in [5.41, 5.74) is 1.95. The molecule has 0 radical (unpaired) electrons. The summed E-state index contributed by atoms with van der Waals surface area (Å²) in [5.74, 6) is 0.902. The molecule has 0 aromatic heterocycles. The van der Waals surface area contributed by atoms with Gasteiger partial charge in [-0.1, -0.05) is 19.1 Å². The molecule has 2 fully saturated rings. The van der Waals surface area contributed by atoms with Crippen LogP contribution in [-0.2, 0) is 20.7 Å². The first-order valence-corrected chi connectivity index (χ1v) is 10.7. The van der Waals surface area contributed by atoms with Gasteiger partial charge in [0.2, 0.25) is 5.91 Å². The standard InChI is InChI=1S/C24H35NO3/c1-16(26)25-18-8-6-7-17(15-18)9-10-19-20-11-12-22(28-23(2,3)4)24(20,5)14-13-21(19)27/h6-8,15,19-20,22H,9-14H2,1-5H3,(H,25,26)/t19?,20-,22-,24-/m0/s1. The van der Waals surface area contributed by atoms with E-state index in [9.17, 15) is 9.59 Å². The van der Waals surface area contributed by atoms with E-state index in [-0.39, 0.29) is 28.9 Å². The van der Waals surface area contributed by atoms with Gasteiger partial charge in [0.15, 0.2) is 0 Å². The summed E-state index contributed by atoms with van der Waals surface area (Å²) < 4.78 is 6.42. The summed E-state index contributed by atoms with van der Waals surface area (Å²) in [5, 5.41) is 2.84. The molecule has 28 heavy (non-hydrogen) atoms. The number of hydrogen-bond acceptors (Lipinski definition) is 3. The lowest BCUT2D eigenvalue weighted by molar-refractivity contribution is -0.143. The highest BCUT2D eigenvalue weighted by molar-refractivity contribution is 5.88. The van der Waals surface area contributed by atoms with E-state index >= 15 is 0 Å². The molecule has 4 atom stereocenters. The van der Waals surface area contributed by atoms with Crippen molar-refractivity contribution in [3.8, 4) is 0 Å². The number of Topliss-reactive ketones (excluding diaryl/α,β-unsaturated/α-hetero) is 1. The normalized spacial score (nSPS) is 30.2. The number of fused-ring (bicyclic) bond motifs is 1. The first-order valence-electron chi connectivity index (χ1n) is 10.7. The number of hydrogen-bond donors (Lipinski definition) is 1. The van der Waals surface area contributed by atoms with E-state index in [1.54, 1.807) is 0 Å². The molecule has 2 aliphatic rings. The fraction of sp³-hybridized carbons (Fsp3) is 0.667. The highest BCUT2D eigenvalue weighted by Crippen LogP contribution is 2.56. The molecule has 154 valence electrons. The summed E-state index contributed by atoms with van der Waals surface area (Å²) in [6, 6.07) is 7.97. The second kappa shape index (κ2) is 7.98. The molecule has 1 aromatic carbocycles.